The van der Waals surface area contributed by atoms with Crippen molar-refractivity contribution in [2.24, 2.45) is 16.5 Å². The summed E-state index contributed by atoms with van der Waals surface area (Å²) in [5, 5.41) is 9.20. The Balaban J connectivity index is -0.000000280. The Morgan fingerprint density at radius 3 is 2.12 bits per heavy atom. The smallest absolute Gasteiger partial charge is 0.195 e. The number of nitrogens with two attached hydrogens (primary N) is 2. The Bertz CT molecular complexity index is 227. The van der Waals surface area contributed by atoms with E-state index in [0.29, 0.717) is 6.54 Å². The number of nitrogens with zero attached hydrogens (tertiary/aromatic N) is 1. The van der Waals surface area contributed by atoms with Gasteiger partial charge in [0, 0.05) is 6.54 Å². The minimum atomic E-state index is -4.69. The van der Waals surface area contributed by atoms with Gasteiger partial charge in [0.25, 0.3) is 0 Å². The molecule has 0 radical (unpaired) electrons. The van der Waals surface area contributed by atoms with Crippen LogP contribution >= 0.6 is 12.4 Å². The summed E-state index contributed by atoms with van der Waals surface area (Å²) in [6.45, 7) is 2.76. The fourth-order valence-electron chi connectivity index (χ4n) is 0.535. The van der Waals surface area contributed by atoms with Crippen LogP contribution < -0.4 is 30.8 Å². The molecule has 0 unspecified atom stereocenters. The van der Waals surface area contributed by atoms with Crippen molar-refractivity contribution in [2.75, 3.05) is 6.54 Å². The molecule has 0 bridgehead atoms. The van der Waals surface area contributed by atoms with Crippen molar-refractivity contribution in [3.8, 4) is 0 Å². The average Bonchev–Trinajstić information content (AvgIpc) is 1.99. The number of guanidine groups is 2. The van der Waals surface area contributed by atoms with Crippen LogP contribution in [0.25, 0.3) is 0 Å². The van der Waals surface area contributed by atoms with Gasteiger partial charge in [-0.2, -0.15) is 14.0 Å². The van der Waals surface area contributed by atoms with Crippen molar-refractivity contribution in [1.82, 2.24) is 5.32 Å². The highest BCUT2D eigenvalue weighted by molar-refractivity contribution is 5.95. The first kappa shape index (κ1) is 21.4. The predicted octanol–water partition coefficient (Wildman–Crippen LogP) is -4.12. The predicted molar refractivity (Wildman–Crippen MR) is 55.9 cm³/mol. The van der Waals surface area contributed by atoms with Gasteiger partial charge in [-0.1, -0.05) is 13.3 Å². The third-order valence-corrected chi connectivity index (χ3v) is 1.06. The fraction of sp³-hybridized carbons (Fsp3) is 0.667. The molecule has 0 atom stereocenters. The number of hydrogen-bond donors (Lipinski definition) is 5. The summed E-state index contributed by atoms with van der Waals surface area (Å²) in [7, 11) is -4.69. The van der Waals surface area contributed by atoms with Crippen molar-refractivity contribution in [3.63, 3.8) is 0 Å². The van der Waals surface area contributed by atoms with E-state index in [0.717, 1.165) is 12.8 Å². The lowest BCUT2D eigenvalue weighted by atomic mass is 10.3. The van der Waals surface area contributed by atoms with E-state index >= 15 is 0 Å². The lowest BCUT2D eigenvalue weighted by molar-refractivity contribution is -1.92. The maximum atomic E-state index is 8.60. The molecule has 9 nitrogen and oxygen atoms in total. The first-order valence-corrected chi connectivity index (χ1v) is 5.47. The molecule has 0 aromatic carbocycles. The molecule has 0 spiro atoms. The number of rotatable bonds is 3. The molecule has 104 valence electrons. The largest absolute Gasteiger partial charge is 0.370 e. The SMILES string of the molecule is CCCCN=C(N)NC(=N)N.Cl.[O-][Cl+3]([O-])([O-])O. The van der Waals surface area contributed by atoms with E-state index in [9.17, 15) is 0 Å². The van der Waals surface area contributed by atoms with E-state index in [2.05, 4.69) is 17.2 Å². The minimum absolute atomic E-state index is 0. The topological polar surface area (TPSA) is 190 Å². The third-order valence-electron chi connectivity index (χ3n) is 1.06. The summed E-state index contributed by atoms with van der Waals surface area (Å²) in [5.41, 5.74) is 10.3. The lowest BCUT2D eigenvalue weighted by Crippen LogP contribution is -2.58. The highest BCUT2D eigenvalue weighted by Gasteiger charge is 1.98. The summed E-state index contributed by atoms with van der Waals surface area (Å²) in [4.78, 5) is 3.92. The minimum Gasteiger partial charge on any atom is -0.370 e. The van der Waals surface area contributed by atoms with E-state index < -0.39 is 10.2 Å². The third kappa shape index (κ3) is 39.4. The van der Waals surface area contributed by atoms with Gasteiger partial charge in [0.1, 0.15) is 0 Å². The van der Waals surface area contributed by atoms with Gasteiger partial charge in [-0.05, 0) is 6.42 Å². The van der Waals surface area contributed by atoms with Crippen LogP contribution in [0, 0.1) is 15.7 Å². The normalized spacial score (nSPS) is 10.8. The van der Waals surface area contributed by atoms with Crippen LogP contribution in [0.4, 0.5) is 0 Å². The van der Waals surface area contributed by atoms with Crippen LogP contribution in [-0.4, -0.2) is 23.1 Å². The Hall–Kier alpha value is -0.840. The summed E-state index contributed by atoms with van der Waals surface area (Å²) in [6, 6.07) is 0. The van der Waals surface area contributed by atoms with Gasteiger partial charge < -0.3 is 11.5 Å². The van der Waals surface area contributed by atoms with E-state index in [1.807, 2.05) is 0 Å². The van der Waals surface area contributed by atoms with E-state index in [-0.39, 0.29) is 24.3 Å². The Morgan fingerprint density at radius 1 is 1.41 bits per heavy atom. The zero-order valence-corrected chi connectivity index (χ0v) is 10.8. The molecular formula is C6H17Cl2N5O4. The second-order valence-corrected chi connectivity index (χ2v) is 3.35. The number of unbranched alkanes of at least 4 members (excludes halogenated alkanes) is 1. The van der Waals surface area contributed by atoms with Gasteiger partial charge in [0.15, 0.2) is 11.9 Å². The molecule has 11 heteroatoms. The summed E-state index contributed by atoms with van der Waals surface area (Å²) in [6.07, 6.45) is 2.08. The van der Waals surface area contributed by atoms with Gasteiger partial charge in [-0.25, -0.2) is 0 Å². The first-order valence-electron chi connectivity index (χ1n) is 4.21. The molecule has 0 aliphatic rings. The Morgan fingerprint density at radius 2 is 1.82 bits per heavy atom. The number of aliphatic imine (C=N–C) groups is 1. The van der Waals surface area contributed by atoms with Crippen LogP contribution in [-0.2, 0) is 0 Å². The van der Waals surface area contributed by atoms with Crippen LogP contribution in [0.3, 0.4) is 0 Å². The summed E-state index contributed by atoms with van der Waals surface area (Å²) < 4.78 is 32.7. The van der Waals surface area contributed by atoms with Gasteiger partial charge in [-0.3, -0.25) is 15.7 Å². The summed E-state index contributed by atoms with van der Waals surface area (Å²) >= 11 is 0. The fourth-order valence-corrected chi connectivity index (χ4v) is 0.535. The van der Waals surface area contributed by atoms with Crippen molar-refractivity contribution < 1.29 is 28.9 Å². The molecule has 0 fully saturated rings. The van der Waals surface area contributed by atoms with Crippen LogP contribution in [0.2, 0.25) is 0 Å². The van der Waals surface area contributed by atoms with Crippen molar-refractivity contribution >= 4 is 24.3 Å². The molecule has 0 aliphatic heterocycles. The van der Waals surface area contributed by atoms with Crippen LogP contribution in [0.1, 0.15) is 19.8 Å². The van der Waals surface area contributed by atoms with E-state index in [1.165, 1.54) is 0 Å². The maximum absolute atomic E-state index is 8.60. The Labute approximate surface area is 107 Å². The molecule has 0 saturated carbocycles. The van der Waals surface area contributed by atoms with Gasteiger partial charge in [0.05, 0.1) is 14.9 Å². The molecule has 0 heterocycles. The molecule has 0 aromatic rings. The molecule has 0 aromatic heterocycles. The van der Waals surface area contributed by atoms with Crippen LogP contribution in [0.15, 0.2) is 4.99 Å². The molecular weight excluding hydrogens is 277 g/mol. The highest BCUT2D eigenvalue weighted by Crippen LogP contribution is 1.85. The zero-order chi connectivity index (χ0) is 13.2. The van der Waals surface area contributed by atoms with Crippen molar-refractivity contribution in [2.45, 2.75) is 19.8 Å². The van der Waals surface area contributed by atoms with Gasteiger partial charge in [0.2, 0.25) is 0 Å². The number of halogens is 2. The highest BCUT2D eigenvalue weighted by atomic mass is 35.7. The molecule has 0 saturated heterocycles. The second-order valence-electron chi connectivity index (χ2n) is 2.56. The van der Waals surface area contributed by atoms with Crippen molar-refractivity contribution in [3.05, 3.63) is 0 Å². The molecule has 7 N–H and O–H groups in total. The number of nitrogens with one attached hydrogen (secondary N) is 2. The van der Waals surface area contributed by atoms with Gasteiger partial charge >= 0.3 is 0 Å². The standard InChI is InChI=1S/C6H15N5.ClHO4.ClH/c1-2-3-4-10-6(9)11-5(7)8;2-1(3,4)5;/h2-4H2,1H3,(H6,7,8,9,10,11);(H,2,3,4,5);1H. The summed E-state index contributed by atoms with van der Waals surface area (Å²) in [5.74, 6) is 0.0358. The second kappa shape index (κ2) is 11.6. The Kier molecular flexibility index (Phi) is 14.7. The molecule has 0 rings (SSSR count). The number of hydrogen-bond acceptors (Lipinski definition) is 6. The maximum Gasteiger partial charge on any atom is 0.195 e. The van der Waals surface area contributed by atoms with Gasteiger partial charge in [-0.15, -0.1) is 12.4 Å². The average molecular weight is 294 g/mol. The van der Waals surface area contributed by atoms with E-state index in [1.54, 1.807) is 0 Å². The van der Waals surface area contributed by atoms with Crippen molar-refractivity contribution in [1.29, 1.82) is 5.41 Å². The lowest BCUT2D eigenvalue weighted by Gasteiger charge is -2.03. The quantitative estimate of drug-likeness (QED) is 0.198. The van der Waals surface area contributed by atoms with Crippen LogP contribution in [0.5, 0.6) is 0 Å². The monoisotopic (exact) mass is 293 g/mol. The molecule has 0 aliphatic carbocycles. The first-order chi connectivity index (χ1) is 7.16. The van der Waals surface area contributed by atoms with E-state index in [4.69, 9.17) is 35.5 Å². The molecule has 0 amide bonds. The molecule has 17 heavy (non-hydrogen) atoms. The zero-order valence-electron chi connectivity index (χ0n) is 9.18.